The van der Waals surface area contributed by atoms with Crippen LogP contribution in [-0.4, -0.2) is 47.0 Å². The summed E-state index contributed by atoms with van der Waals surface area (Å²) in [6.07, 6.45) is 4.93. The molecule has 0 radical (unpaired) electrons. The zero-order valence-electron chi connectivity index (χ0n) is 12.0. The molecule has 0 bridgehead atoms. The molecule has 0 atom stereocenters. The van der Waals surface area contributed by atoms with Gasteiger partial charge in [-0.1, -0.05) is 0 Å². The van der Waals surface area contributed by atoms with Crippen LogP contribution in [0.2, 0.25) is 0 Å². The molecular formula is C16H15N5O. The molecule has 3 heterocycles. The molecule has 0 aromatic carbocycles. The van der Waals surface area contributed by atoms with E-state index in [2.05, 4.69) is 20.9 Å². The molecule has 0 saturated carbocycles. The van der Waals surface area contributed by atoms with Gasteiger partial charge in [-0.25, -0.2) is 4.98 Å². The molecule has 1 fully saturated rings. The van der Waals surface area contributed by atoms with Gasteiger partial charge in [0.15, 0.2) is 0 Å². The number of rotatable bonds is 2. The van der Waals surface area contributed by atoms with Crippen molar-refractivity contribution >= 4 is 11.7 Å². The third-order valence-corrected chi connectivity index (χ3v) is 3.70. The fourth-order valence-corrected chi connectivity index (χ4v) is 2.53. The fraction of sp³-hybridized carbons (Fsp3) is 0.250. The maximum absolute atomic E-state index is 12.4. The van der Waals surface area contributed by atoms with Crippen molar-refractivity contribution in [1.29, 1.82) is 5.26 Å². The van der Waals surface area contributed by atoms with Gasteiger partial charge in [-0.3, -0.25) is 9.78 Å². The predicted molar refractivity (Wildman–Crippen MR) is 81.3 cm³/mol. The van der Waals surface area contributed by atoms with Crippen molar-refractivity contribution in [3.63, 3.8) is 0 Å². The van der Waals surface area contributed by atoms with Crippen molar-refractivity contribution in [1.82, 2.24) is 14.9 Å². The molecule has 1 aliphatic heterocycles. The molecule has 1 aliphatic rings. The molecule has 0 spiro atoms. The second-order valence-corrected chi connectivity index (χ2v) is 5.00. The number of nitriles is 1. The largest absolute Gasteiger partial charge is 0.352 e. The molecule has 1 saturated heterocycles. The minimum Gasteiger partial charge on any atom is -0.352 e. The number of amides is 1. The second-order valence-electron chi connectivity index (χ2n) is 5.00. The van der Waals surface area contributed by atoms with Gasteiger partial charge in [0.05, 0.1) is 5.56 Å². The first-order valence-corrected chi connectivity index (χ1v) is 7.09. The summed E-state index contributed by atoms with van der Waals surface area (Å²) in [5.41, 5.74) is 1.22. The van der Waals surface area contributed by atoms with E-state index in [1.165, 1.54) is 0 Å². The van der Waals surface area contributed by atoms with E-state index in [4.69, 9.17) is 5.26 Å². The van der Waals surface area contributed by atoms with Gasteiger partial charge in [0.1, 0.15) is 11.9 Å². The highest BCUT2D eigenvalue weighted by Crippen LogP contribution is 2.18. The first-order valence-electron chi connectivity index (χ1n) is 7.09. The summed E-state index contributed by atoms with van der Waals surface area (Å²) in [7, 11) is 0. The van der Waals surface area contributed by atoms with E-state index in [1.54, 1.807) is 42.9 Å². The lowest BCUT2D eigenvalue weighted by Crippen LogP contribution is -2.49. The van der Waals surface area contributed by atoms with Crippen molar-refractivity contribution < 1.29 is 4.79 Å². The SMILES string of the molecule is N#Cc1cccnc1N1CCN(C(=O)c2ccncc2)CC1. The molecule has 6 heteroatoms. The third kappa shape index (κ3) is 2.74. The Morgan fingerprint density at radius 1 is 1.09 bits per heavy atom. The molecule has 2 aromatic rings. The molecule has 110 valence electrons. The number of carbonyl (C=O) groups excluding carboxylic acids is 1. The number of hydrogen-bond donors (Lipinski definition) is 0. The van der Waals surface area contributed by atoms with E-state index in [9.17, 15) is 4.79 Å². The summed E-state index contributed by atoms with van der Waals surface area (Å²) in [6, 6.07) is 9.12. The number of pyridine rings is 2. The standard InChI is InChI=1S/C16H15N5O/c17-12-14-2-1-5-19-15(14)20-8-10-21(11-9-20)16(22)13-3-6-18-7-4-13/h1-7H,8-11H2. The number of aromatic nitrogens is 2. The molecule has 0 unspecified atom stereocenters. The zero-order valence-corrected chi connectivity index (χ0v) is 12.0. The lowest BCUT2D eigenvalue weighted by molar-refractivity contribution is 0.0746. The van der Waals surface area contributed by atoms with Crippen LogP contribution in [0.15, 0.2) is 42.9 Å². The van der Waals surface area contributed by atoms with Gasteiger partial charge < -0.3 is 9.80 Å². The summed E-state index contributed by atoms with van der Waals surface area (Å²) in [4.78, 5) is 24.5. The fourth-order valence-electron chi connectivity index (χ4n) is 2.53. The number of carbonyl (C=O) groups is 1. The maximum atomic E-state index is 12.4. The Bertz CT molecular complexity index is 702. The van der Waals surface area contributed by atoms with Crippen LogP contribution < -0.4 is 4.90 Å². The van der Waals surface area contributed by atoms with Gasteiger partial charge in [0.2, 0.25) is 0 Å². The van der Waals surface area contributed by atoms with E-state index in [0.717, 1.165) is 0 Å². The Kier molecular flexibility index (Phi) is 3.97. The van der Waals surface area contributed by atoms with Crippen LogP contribution in [0.3, 0.4) is 0 Å². The molecule has 2 aromatic heterocycles. The Labute approximate surface area is 128 Å². The topological polar surface area (TPSA) is 73.1 Å². The van der Waals surface area contributed by atoms with Crippen molar-refractivity contribution in [2.45, 2.75) is 0 Å². The number of piperazine rings is 1. The highest BCUT2D eigenvalue weighted by atomic mass is 16.2. The van der Waals surface area contributed by atoms with Crippen molar-refractivity contribution in [3.05, 3.63) is 54.0 Å². The number of anilines is 1. The monoisotopic (exact) mass is 293 g/mol. The summed E-state index contributed by atoms with van der Waals surface area (Å²) < 4.78 is 0. The minimum absolute atomic E-state index is 0.0172. The highest BCUT2D eigenvalue weighted by molar-refractivity contribution is 5.94. The molecule has 22 heavy (non-hydrogen) atoms. The highest BCUT2D eigenvalue weighted by Gasteiger charge is 2.23. The van der Waals surface area contributed by atoms with E-state index in [1.807, 2.05) is 4.90 Å². The molecular weight excluding hydrogens is 278 g/mol. The predicted octanol–water partition coefficient (Wildman–Crippen LogP) is 1.31. The number of nitrogens with zero attached hydrogens (tertiary/aromatic N) is 5. The number of hydrogen-bond acceptors (Lipinski definition) is 5. The molecule has 6 nitrogen and oxygen atoms in total. The van der Waals surface area contributed by atoms with Gasteiger partial charge in [-0.05, 0) is 24.3 Å². The Hall–Kier alpha value is -2.94. The smallest absolute Gasteiger partial charge is 0.254 e. The van der Waals surface area contributed by atoms with Crippen LogP contribution in [0.5, 0.6) is 0 Å². The Balaban J connectivity index is 1.68. The summed E-state index contributed by atoms with van der Waals surface area (Å²) >= 11 is 0. The van der Waals surface area contributed by atoms with Crippen LogP contribution in [0, 0.1) is 11.3 Å². The Morgan fingerprint density at radius 2 is 1.82 bits per heavy atom. The molecule has 0 N–H and O–H groups in total. The van der Waals surface area contributed by atoms with E-state index >= 15 is 0 Å². The van der Waals surface area contributed by atoms with Crippen LogP contribution in [-0.2, 0) is 0 Å². The normalized spacial score (nSPS) is 14.5. The van der Waals surface area contributed by atoms with Crippen molar-refractivity contribution in [3.8, 4) is 6.07 Å². The Morgan fingerprint density at radius 3 is 2.50 bits per heavy atom. The van der Waals surface area contributed by atoms with Gasteiger partial charge in [-0.2, -0.15) is 5.26 Å². The average Bonchev–Trinajstić information content (AvgIpc) is 2.62. The van der Waals surface area contributed by atoms with Crippen LogP contribution in [0.1, 0.15) is 15.9 Å². The minimum atomic E-state index is 0.0172. The first-order chi connectivity index (χ1) is 10.8. The van der Waals surface area contributed by atoms with Crippen molar-refractivity contribution in [2.24, 2.45) is 0 Å². The average molecular weight is 293 g/mol. The van der Waals surface area contributed by atoms with Gasteiger partial charge >= 0.3 is 0 Å². The molecule has 0 aliphatic carbocycles. The van der Waals surface area contributed by atoms with Crippen LogP contribution in [0.4, 0.5) is 5.82 Å². The maximum Gasteiger partial charge on any atom is 0.254 e. The zero-order chi connectivity index (χ0) is 15.4. The van der Waals surface area contributed by atoms with Crippen LogP contribution in [0.25, 0.3) is 0 Å². The van der Waals surface area contributed by atoms with Gasteiger partial charge in [0.25, 0.3) is 5.91 Å². The van der Waals surface area contributed by atoms with E-state index < -0.39 is 0 Å². The van der Waals surface area contributed by atoms with Gasteiger partial charge in [0, 0.05) is 50.3 Å². The summed E-state index contributed by atoms with van der Waals surface area (Å²) in [5, 5.41) is 9.15. The lowest BCUT2D eigenvalue weighted by Gasteiger charge is -2.35. The van der Waals surface area contributed by atoms with Crippen molar-refractivity contribution in [2.75, 3.05) is 31.1 Å². The second kappa shape index (κ2) is 6.22. The van der Waals surface area contributed by atoms with E-state index in [0.29, 0.717) is 43.1 Å². The summed E-state index contributed by atoms with van der Waals surface area (Å²) in [6.45, 7) is 2.57. The molecule has 1 amide bonds. The van der Waals surface area contributed by atoms with E-state index in [-0.39, 0.29) is 5.91 Å². The summed E-state index contributed by atoms with van der Waals surface area (Å²) in [5.74, 6) is 0.713. The van der Waals surface area contributed by atoms with Crippen LogP contribution >= 0.6 is 0 Å². The first kappa shape index (κ1) is 14.0. The van der Waals surface area contributed by atoms with Gasteiger partial charge in [-0.15, -0.1) is 0 Å². The quantitative estimate of drug-likeness (QED) is 0.834. The molecule has 3 rings (SSSR count). The third-order valence-electron chi connectivity index (χ3n) is 3.70. The lowest BCUT2D eigenvalue weighted by atomic mass is 10.2.